The zero-order valence-corrected chi connectivity index (χ0v) is 15.6. The van der Waals surface area contributed by atoms with Gasteiger partial charge in [0.25, 0.3) is 11.1 Å². The van der Waals surface area contributed by atoms with Crippen molar-refractivity contribution in [3.63, 3.8) is 0 Å². The zero-order valence-electron chi connectivity index (χ0n) is 14.8. The van der Waals surface area contributed by atoms with Crippen LogP contribution >= 0.6 is 11.8 Å². The van der Waals surface area contributed by atoms with Crippen LogP contribution in [-0.2, 0) is 4.79 Å². The lowest BCUT2D eigenvalue weighted by Crippen LogP contribution is -2.28. The van der Waals surface area contributed by atoms with E-state index < -0.39 is 0 Å². The molecule has 0 radical (unpaired) electrons. The Morgan fingerprint density at radius 3 is 2.54 bits per heavy atom. The van der Waals surface area contributed by atoms with Crippen molar-refractivity contribution in [1.29, 1.82) is 0 Å². The molecule has 1 aliphatic heterocycles. The van der Waals surface area contributed by atoms with E-state index >= 15 is 0 Å². The van der Waals surface area contributed by atoms with E-state index in [4.69, 9.17) is 11.2 Å². The van der Waals surface area contributed by atoms with E-state index in [-0.39, 0.29) is 17.7 Å². The molecule has 0 atom stereocenters. The topological polar surface area (TPSA) is 51.5 Å². The number of nitrogens with zero attached hydrogens (tertiary/aromatic N) is 2. The average Bonchev–Trinajstić information content (AvgIpc) is 3.05. The van der Waals surface area contributed by atoms with Crippen LogP contribution in [0.2, 0.25) is 0 Å². The Bertz CT molecular complexity index is 949. The van der Waals surface area contributed by atoms with Crippen molar-refractivity contribution in [2.24, 2.45) is 0 Å². The number of terminal acetylenes is 1. The van der Waals surface area contributed by atoms with Crippen molar-refractivity contribution in [1.82, 2.24) is 9.47 Å². The van der Waals surface area contributed by atoms with E-state index in [1.165, 1.54) is 0 Å². The monoisotopic (exact) mass is 366 g/mol. The molecule has 0 bridgehead atoms. The number of hydrogen-bond donors (Lipinski definition) is 0. The number of methoxy groups -OCH3 is 1. The van der Waals surface area contributed by atoms with Crippen molar-refractivity contribution < 1.29 is 14.3 Å². The summed E-state index contributed by atoms with van der Waals surface area (Å²) >= 11 is 0.918. The average molecular weight is 366 g/mol. The third kappa shape index (κ3) is 3.14. The summed E-state index contributed by atoms with van der Waals surface area (Å²) in [5.74, 6) is 2.79. The van der Waals surface area contributed by atoms with Gasteiger partial charge in [0.15, 0.2) is 0 Å². The number of imide groups is 1. The van der Waals surface area contributed by atoms with Gasteiger partial charge in [-0.1, -0.05) is 5.92 Å². The molecular formula is C20H18N2O3S. The molecule has 2 amide bonds. The molecule has 1 saturated heterocycles. The predicted octanol–water partition coefficient (Wildman–Crippen LogP) is 3.77. The van der Waals surface area contributed by atoms with Crippen molar-refractivity contribution >= 4 is 29.0 Å². The quantitative estimate of drug-likeness (QED) is 0.610. The van der Waals surface area contributed by atoms with Crippen LogP contribution in [0.4, 0.5) is 4.79 Å². The summed E-state index contributed by atoms with van der Waals surface area (Å²) < 4.78 is 7.30. The second-order valence-corrected chi connectivity index (χ2v) is 6.83. The smallest absolute Gasteiger partial charge is 0.294 e. The molecule has 5 nitrogen and oxygen atoms in total. The van der Waals surface area contributed by atoms with Gasteiger partial charge < -0.3 is 9.30 Å². The Labute approximate surface area is 156 Å². The number of aromatic nitrogens is 1. The van der Waals surface area contributed by atoms with E-state index in [0.29, 0.717) is 4.91 Å². The van der Waals surface area contributed by atoms with Gasteiger partial charge in [-0.15, -0.1) is 6.42 Å². The molecule has 0 aliphatic carbocycles. The van der Waals surface area contributed by atoms with Crippen LogP contribution in [-0.4, -0.2) is 34.3 Å². The highest BCUT2D eigenvalue weighted by Crippen LogP contribution is 2.33. The first-order valence-electron chi connectivity index (χ1n) is 7.98. The van der Waals surface area contributed by atoms with Crippen molar-refractivity contribution in [2.75, 3.05) is 13.7 Å². The van der Waals surface area contributed by atoms with Gasteiger partial charge in [0, 0.05) is 17.1 Å². The van der Waals surface area contributed by atoms with Gasteiger partial charge >= 0.3 is 0 Å². The Morgan fingerprint density at radius 1 is 1.23 bits per heavy atom. The molecule has 0 unspecified atom stereocenters. The predicted molar refractivity (Wildman–Crippen MR) is 103 cm³/mol. The number of benzene rings is 1. The highest BCUT2D eigenvalue weighted by atomic mass is 32.2. The summed E-state index contributed by atoms with van der Waals surface area (Å²) in [5, 5.41) is -0.330. The lowest BCUT2D eigenvalue weighted by Gasteiger charge is -2.10. The summed E-state index contributed by atoms with van der Waals surface area (Å²) in [6.07, 6.45) is 6.98. The molecule has 1 aliphatic rings. The molecular weight excluding hydrogens is 348 g/mol. The second-order valence-electron chi connectivity index (χ2n) is 5.83. The largest absolute Gasteiger partial charge is 0.497 e. The molecule has 2 aromatic rings. The summed E-state index contributed by atoms with van der Waals surface area (Å²) in [4.78, 5) is 25.8. The first kappa shape index (κ1) is 17.9. The SMILES string of the molecule is C#CCN1C(=O)S/C(=C/c2cc(C)n(-c3ccc(OC)cc3)c2C)C1=O. The van der Waals surface area contributed by atoms with Crippen LogP contribution < -0.4 is 4.74 Å². The van der Waals surface area contributed by atoms with E-state index in [2.05, 4.69) is 10.5 Å². The van der Waals surface area contributed by atoms with Crippen molar-refractivity contribution in [3.05, 3.63) is 52.2 Å². The molecule has 26 heavy (non-hydrogen) atoms. The first-order chi connectivity index (χ1) is 12.5. The molecule has 1 aromatic carbocycles. The van der Waals surface area contributed by atoms with Gasteiger partial charge in [-0.2, -0.15) is 0 Å². The molecule has 132 valence electrons. The lowest BCUT2D eigenvalue weighted by atomic mass is 10.2. The number of carbonyl (C=O) groups is 2. The number of rotatable bonds is 4. The molecule has 3 rings (SSSR count). The molecule has 0 saturated carbocycles. The number of hydrogen-bond acceptors (Lipinski definition) is 4. The highest BCUT2D eigenvalue weighted by Gasteiger charge is 2.34. The lowest BCUT2D eigenvalue weighted by molar-refractivity contribution is -0.122. The fraction of sp³-hybridized carbons (Fsp3) is 0.200. The summed E-state index contributed by atoms with van der Waals surface area (Å²) in [5.41, 5.74) is 3.91. The standard InChI is InChI=1S/C20H18N2O3S/c1-5-10-21-19(23)18(26-20(21)24)12-15-11-13(2)22(14(15)3)16-6-8-17(25-4)9-7-16/h1,6-9,11-12H,10H2,2-4H3/b18-12+. The minimum absolute atomic E-state index is 0.00707. The maximum absolute atomic E-state index is 12.4. The number of thioether (sulfide) groups is 1. The first-order valence-corrected chi connectivity index (χ1v) is 8.80. The van der Waals surface area contributed by atoms with Crippen LogP contribution in [0.25, 0.3) is 11.8 Å². The van der Waals surface area contributed by atoms with Crippen LogP contribution in [0.5, 0.6) is 5.75 Å². The Kier molecular flexibility index (Phi) is 4.92. The number of carbonyl (C=O) groups excluding carboxylic acids is 2. The molecule has 1 fully saturated rings. The molecule has 0 N–H and O–H groups in total. The maximum Gasteiger partial charge on any atom is 0.294 e. The molecule has 6 heteroatoms. The van der Waals surface area contributed by atoms with Gasteiger partial charge in [0.2, 0.25) is 0 Å². The maximum atomic E-state index is 12.4. The van der Waals surface area contributed by atoms with Gasteiger partial charge in [0.05, 0.1) is 18.6 Å². The number of amides is 2. The van der Waals surface area contributed by atoms with Gasteiger partial charge in [-0.3, -0.25) is 14.5 Å². The van der Waals surface area contributed by atoms with Crippen molar-refractivity contribution in [3.8, 4) is 23.8 Å². The molecule has 0 spiro atoms. The van der Waals surface area contributed by atoms with E-state index in [0.717, 1.165) is 45.1 Å². The molecule has 2 heterocycles. The zero-order chi connectivity index (χ0) is 18.8. The minimum atomic E-state index is -0.341. The highest BCUT2D eigenvalue weighted by molar-refractivity contribution is 8.18. The Hall–Kier alpha value is -2.91. The fourth-order valence-corrected chi connectivity index (χ4v) is 3.76. The second kappa shape index (κ2) is 7.14. The Morgan fingerprint density at radius 2 is 1.92 bits per heavy atom. The normalized spacial score (nSPS) is 15.6. The van der Waals surface area contributed by atoms with E-state index in [1.54, 1.807) is 13.2 Å². The van der Waals surface area contributed by atoms with Gasteiger partial charge in [-0.05, 0) is 67.6 Å². The van der Waals surface area contributed by atoms with Crippen LogP contribution in [0.3, 0.4) is 0 Å². The minimum Gasteiger partial charge on any atom is -0.497 e. The van der Waals surface area contributed by atoms with Crippen LogP contribution in [0, 0.1) is 26.2 Å². The van der Waals surface area contributed by atoms with Crippen LogP contribution in [0.15, 0.2) is 35.2 Å². The summed E-state index contributed by atoms with van der Waals surface area (Å²) in [6.45, 7) is 3.97. The fourth-order valence-electron chi connectivity index (χ4n) is 2.93. The van der Waals surface area contributed by atoms with Crippen molar-refractivity contribution in [2.45, 2.75) is 13.8 Å². The number of ether oxygens (including phenoxy) is 1. The summed E-state index contributed by atoms with van der Waals surface area (Å²) in [6, 6.07) is 9.75. The summed E-state index contributed by atoms with van der Waals surface area (Å²) in [7, 11) is 1.63. The molecule has 1 aromatic heterocycles. The number of aryl methyl sites for hydroxylation is 1. The third-order valence-corrected chi connectivity index (χ3v) is 5.12. The van der Waals surface area contributed by atoms with Gasteiger partial charge in [-0.25, -0.2) is 0 Å². The van der Waals surface area contributed by atoms with Gasteiger partial charge in [0.1, 0.15) is 5.75 Å². The van der Waals surface area contributed by atoms with E-state index in [1.807, 2.05) is 44.2 Å². The van der Waals surface area contributed by atoms with E-state index in [9.17, 15) is 9.59 Å². The third-order valence-electron chi connectivity index (χ3n) is 4.21. The Balaban J connectivity index is 1.97. The van der Waals surface area contributed by atoms with Crippen LogP contribution in [0.1, 0.15) is 17.0 Å².